The van der Waals surface area contributed by atoms with Crippen LogP contribution in [0.2, 0.25) is 0 Å². The monoisotopic (exact) mass is 524 g/mol. The van der Waals surface area contributed by atoms with Crippen molar-refractivity contribution in [2.75, 3.05) is 32.7 Å². The number of fused-ring (bicyclic) bond motifs is 3. The summed E-state index contributed by atoms with van der Waals surface area (Å²) in [4.78, 5) is 24.6. The van der Waals surface area contributed by atoms with Gasteiger partial charge in [-0.15, -0.1) is 0 Å². The van der Waals surface area contributed by atoms with Crippen molar-refractivity contribution in [1.29, 1.82) is 0 Å². The van der Waals surface area contributed by atoms with Gasteiger partial charge in [0.05, 0.1) is 22.1 Å². The molecule has 7 nitrogen and oxygen atoms in total. The molecule has 1 atom stereocenters. The second-order valence-corrected chi connectivity index (χ2v) is 10.9. The van der Waals surface area contributed by atoms with Crippen molar-refractivity contribution < 1.29 is 13.6 Å². The highest BCUT2D eigenvalue weighted by atomic mass is 32.1. The van der Waals surface area contributed by atoms with E-state index < -0.39 is 6.17 Å². The Bertz CT molecular complexity index is 1420. The summed E-state index contributed by atoms with van der Waals surface area (Å²) in [5.74, 6) is -0.486. The fraction of sp³-hybridized carbons (Fsp3) is 0.444. The molecule has 6 rings (SSSR count). The number of hydrogen-bond acceptors (Lipinski definition) is 6. The van der Waals surface area contributed by atoms with Crippen molar-refractivity contribution in [3.63, 3.8) is 0 Å². The lowest BCUT2D eigenvalue weighted by molar-refractivity contribution is 0.0945. The Kier molecular flexibility index (Phi) is 6.88. The lowest BCUT2D eigenvalue weighted by Gasteiger charge is -2.28. The molecule has 4 aromatic rings. The molecule has 10 heteroatoms. The topological polar surface area (TPSA) is 74.6 Å². The van der Waals surface area contributed by atoms with Crippen LogP contribution >= 0.6 is 11.3 Å². The standard InChI is InChI=1S/C27H30F2N6OS/c28-18-6-11-34(12-7-18)10-2-9-31-26(36)22-14-25-24(15-32-22)35-16-23(33-27(35)37-25)19-5-4-17(13-20(19)29)21-3-1-8-30-21/h4-5,13-16,18,21,30H,1-3,6-12H2,(H,31,36)/t21-/m1/s1. The molecule has 194 valence electrons. The minimum Gasteiger partial charge on any atom is -0.351 e. The highest BCUT2D eigenvalue weighted by Crippen LogP contribution is 2.32. The summed E-state index contributed by atoms with van der Waals surface area (Å²) in [5.41, 5.74) is 3.22. The van der Waals surface area contributed by atoms with E-state index in [9.17, 15) is 13.6 Å². The SMILES string of the molecule is O=C(NCCCN1CCC(F)CC1)c1cc2sc3nc(-c4ccc([C@H]5CCCN5)cc4F)cn3c2cn1. The number of thiazole rings is 1. The minimum atomic E-state index is -0.671. The Morgan fingerprint density at radius 3 is 2.86 bits per heavy atom. The molecular weight excluding hydrogens is 494 g/mol. The summed E-state index contributed by atoms with van der Waals surface area (Å²) in [7, 11) is 0. The number of piperidine rings is 1. The van der Waals surface area contributed by atoms with E-state index in [0.717, 1.165) is 66.2 Å². The first-order valence-corrected chi connectivity index (χ1v) is 13.8. The maximum Gasteiger partial charge on any atom is 0.269 e. The number of amides is 1. The first kappa shape index (κ1) is 24.4. The normalized spacial score (nSPS) is 19.2. The van der Waals surface area contributed by atoms with Crippen LogP contribution < -0.4 is 10.6 Å². The average Bonchev–Trinajstić information content (AvgIpc) is 3.64. The number of benzene rings is 1. The second-order valence-electron chi connectivity index (χ2n) is 9.93. The Morgan fingerprint density at radius 2 is 2.08 bits per heavy atom. The largest absolute Gasteiger partial charge is 0.351 e. The molecule has 5 heterocycles. The van der Waals surface area contributed by atoms with Gasteiger partial charge in [0, 0.05) is 37.4 Å². The van der Waals surface area contributed by atoms with Crippen LogP contribution in [-0.4, -0.2) is 64.1 Å². The summed E-state index contributed by atoms with van der Waals surface area (Å²) >= 11 is 1.45. The fourth-order valence-electron chi connectivity index (χ4n) is 5.30. The van der Waals surface area contributed by atoms with Crippen molar-refractivity contribution in [2.24, 2.45) is 0 Å². The van der Waals surface area contributed by atoms with Gasteiger partial charge < -0.3 is 15.5 Å². The van der Waals surface area contributed by atoms with E-state index in [2.05, 4.69) is 25.5 Å². The van der Waals surface area contributed by atoms with Crippen molar-refractivity contribution >= 4 is 32.4 Å². The highest BCUT2D eigenvalue weighted by molar-refractivity contribution is 7.23. The van der Waals surface area contributed by atoms with Gasteiger partial charge in [0.1, 0.15) is 17.7 Å². The van der Waals surface area contributed by atoms with Gasteiger partial charge in [0.15, 0.2) is 4.96 Å². The van der Waals surface area contributed by atoms with Crippen LogP contribution in [0, 0.1) is 5.82 Å². The third kappa shape index (κ3) is 5.10. The van der Waals surface area contributed by atoms with E-state index in [4.69, 9.17) is 0 Å². The van der Waals surface area contributed by atoms with Gasteiger partial charge in [-0.1, -0.05) is 17.4 Å². The van der Waals surface area contributed by atoms with Crippen LogP contribution in [0.3, 0.4) is 0 Å². The first-order valence-electron chi connectivity index (χ1n) is 13.0. The second kappa shape index (κ2) is 10.4. The van der Waals surface area contributed by atoms with Gasteiger partial charge in [-0.05, 0) is 69.0 Å². The quantitative estimate of drug-likeness (QED) is 0.342. The number of likely N-dealkylation sites (tertiary alicyclic amines) is 1. The zero-order valence-corrected chi connectivity index (χ0v) is 21.4. The van der Waals surface area contributed by atoms with Crippen LogP contribution in [0.5, 0.6) is 0 Å². The number of pyridine rings is 1. The number of carbonyl (C=O) groups excluding carboxylic acids is 1. The van der Waals surface area contributed by atoms with Gasteiger partial charge in [0.2, 0.25) is 0 Å². The molecule has 0 aliphatic carbocycles. The van der Waals surface area contributed by atoms with Crippen LogP contribution in [0.4, 0.5) is 8.78 Å². The molecule has 0 spiro atoms. The number of hydrogen-bond donors (Lipinski definition) is 2. The molecule has 0 bridgehead atoms. The van der Waals surface area contributed by atoms with Crippen molar-refractivity contribution in [1.82, 2.24) is 29.9 Å². The maximum absolute atomic E-state index is 15.0. The molecule has 2 N–H and O–H groups in total. The van der Waals surface area contributed by atoms with Crippen LogP contribution in [0.1, 0.15) is 54.2 Å². The summed E-state index contributed by atoms with van der Waals surface area (Å²) in [6, 6.07) is 7.39. The number of nitrogens with zero attached hydrogens (tertiary/aromatic N) is 4. The Labute approximate surface area is 217 Å². The first-order chi connectivity index (χ1) is 18.0. The van der Waals surface area contributed by atoms with E-state index in [1.54, 1.807) is 18.3 Å². The van der Waals surface area contributed by atoms with Gasteiger partial charge >= 0.3 is 0 Å². The van der Waals surface area contributed by atoms with Crippen LogP contribution in [0.15, 0.2) is 36.7 Å². The predicted octanol–water partition coefficient (Wildman–Crippen LogP) is 4.73. The van der Waals surface area contributed by atoms with E-state index in [0.29, 0.717) is 36.3 Å². The van der Waals surface area contributed by atoms with Gasteiger partial charge in [-0.3, -0.25) is 9.20 Å². The number of nitrogens with one attached hydrogen (secondary N) is 2. The average molecular weight is 525 g/mol. The van der Waals surface area contributed by atoms with Crippen LogP contribution in [-0.2, 0) is 0 Å². The number of imidazole rings is 1. The lowest BCUT2D eigenvalue weighted by Crippen LogP contribution is -2.36. The number of carbonyl (C=O) groups is 1. The molecule has 2 fully saturated rings. The molecule has 2 saturated heterocycles. The van der Waals surface area contributed by atoms with E-state index in [1.165, 1.54) is 11.3 Å². The number of aromatic nitrogens is 3. The molecule has 1 amide bonds. The maximum atomic E-state index is 15.0. The summed E-state index contributed by atoms with van der Waals surface area (Å²) < 4.78 is 31.0. The van der Waals surface area contributed by atoms with Crippen LogP contribution in [0.25, 0.3) is 26.4 Å². The molecule has 3 aromatic heterocycles. The third-order valence-corrected chi connectivity index (χ3v) is 8.42. The Morgan fingerprint density at radius 1 is 1.22 bits per heavy atom. The smallest absolute Gasteiger partial charge is 0.269 e. The van der Waals surface area contributed by atoms with Gasteiger partial charge in [-0.25, -0.2) is 18.7 Å². The molecule has 0 saturated carbocycles. The van der Waals surface area contributed by atoms with Crippen molar-refractivity contribution in [3.05, 3.63) is 53.7 Å². The lowest BCUT2D eigenvalue weighted by atomic mass is 10.0. The summed E-state index contributed by atoms with van der Waals surface area (Å²) in [6.07, 6.45) is 6.97. The van der Waals surface area contributed by atoms with E-state index >= 15 is 0 Å². The minimum absolute atomic E-state index is 0.213. The van der Waals surface area contributed by atoms with E-state index in [-0.39, 0.29) is 17.8 Å². The molecule has 37 heavy (non-hydrogen) atoms. The number of halogens is 2. The van der Waals surface area contributed by atoms with E-state index in [1.807, 2.05) is 22.7 Å². The molecule has 2 aliphatic rings. The fourth-order valence-corrected chi connectivity index (χ4v) is 6.31. The summed E-state index contributed by atoms with van der Waals surface area (Å²) in [5, 5.41) is 6.34. The number of alkyl halides is 1. The van der Waals surface area contributed by atoms with Gasteiger partial charge in [0.25, 0.3) is 5.91 Å². The Hall–Kier alpha value is -2.95. The predicted molar refractivity (Wildman–Crippen MR) is 141 cm³/mol. The highest BCUT2D eigenvalue weighted by Gasteiger charge is 2.20. The van der Waals surface area contributed by atoms with Crippen molar-refractivity contribution in [2.45, 2.75) is 44.3 Å². The van der Waals surface area contributed by atoms with Gasteiger partial charge in [-0.2, -0.15) is 0 Å². The molecule has 1 aromatic carbocycles. The Balaban J connectivity index is 1.12. The summed E-state index contributed by atoms with van der Waals surface area (Å²) in [6.45, 7) is 3.94. The molecule has 2 aliphatic heterocycles. The molecule has 0 radical (unpaired) electrons. The molecular formula is C27H30F2N6OS. The zero-order chi connectivity index (χ0) is 25.4. The molecule has 0 unspecified atom stereocenters. The zero-order valence-electron chi connectivity index (χ0n) is 20.6. The van der Waals surface area contributed by atoms with Crippen molar-refractivity contribution in [3.8, 4) is 11.3 Å². The third-order valence-electron chi connectivity index (χ3n) is 7.40. The number of rotatable bonds is 7.